The van der Waals surface area contributed by atoms with Crippen LogP contribution in [0.15, 0.2) is 54.9 Å². The lowest BCUT2D eigenvalue weighted by molar-refractivity contribution is -0.128. The van der Waals surface area contributed by atoms with Gasteiger partial charge >= 0.3 is 6.09 Å². The number of hydrogen-bond acceptors (Lipinski definition) is 5. The van der Waals surface area contributed by atoms with Gasteiger partial charge in [-0.05, 0) is 23.8 Å². The first-order chi connectivity index (χ1) is 12.5. The molecule has 0 aliphatic rings. The fourth-order valence-electron chi connectivity index (χ4n) is 2.62. The zero-order chi connectivity index (χ0) is 18.7. The normalized spacial score (nSPS) is 13.2. The van der Waals surface area contributed by atoms with Gasteiger partial charge in [-0.25, -0.2) is 20.6 Å². The van der Waals surface area contributed by atoms with Gasteiger partial charge in [0.25, 0.3) is 5.91 Å². The number of carbonyl (C=O) groups is 2. The lowest BCUT2D eigenvalue weighted by atomic mass is 10.0. The van der Waals surface area contributed by atoms with Crippen LogP contribution < -0.4 is 16.2 Å². The molecule has 26 heavy (non-hydrogen) atoms. The van der Waals surface area contributed by atoms with E-state index in [1.165, 1.54) is 6.33 Å². The molecular weight excluding hydrogens is 338 g/mol. The molecule has 3 aromatic rings. The van der Waals surface area contributed by atoms with Crippen LogP contribution in [0.4, 0.5) is 10.5 Å². The van der Waals surface area contributed by atoms with Crippen molar-refractivity contribution in [2.45, 2.75) is 12.1 Å². The summed E-state index contributed by atoms with van der Waals surface area (Å²) in [5.41, 5.74) is 2.13. The summed E-state index contributed by atoms with van der Waals surface area (Å²) in [5, 5.41) is 22.4. The average Bonchev–Trinajstić information content (AvgIpc) is 3.12. The van der Waals surface area contributed by atoms with Crippen molar-refractivity contribution in [3.8, 4) is 0 Å². The van der Waals surface area contributed by atoms with Crippen LogP contribution in [-0.2, 0) is 4.79 Å². The number of anilines is 1. The van der Waals surface area contributed by atoms with Gasteiger partial charge in [-0.1, -0.05) is 30.3 Å². The number of nitrogens with one attached hydrogen (secondary N) is 2. The van der Waals surface area contributed by atoms with Crippen molar-refractivity contribution in [2.24, 2.45) is 5.84 Å². The summed E-state index contributed by atoms with van der Waals surface area (Å²) in [5.74, 6) is 5.01. The van der Waals surface area contributed by atoms with Gasteiger partial charge < -0.3 is 20.5 Å². The molecule has 2 amide bonds. The van der Waals surface area contributed by atoms with Gasteiger partial charge in [0.15, 0.2) is 6.10 Å². The van der Waals surface area contributed by atoms with Gasteiger partial charge in [-0.2, -0.15) is 0 Å². The number of amides is 2. The molecule has 134 valence electrons. The van der Waals surface area contributed by atoms with E-state index >= 15 is 0 Å². The molecule has 0 spiro atoms. The fourth-order valence-corrected chi connectivity index (χ4v) is 2.62. The number of fused-ring (bicyclic) bond motifs is 1. The molecule has 9 nitrogen and oxygen atoms in total. The van der Waals surface area contributed by atoms with Crippen LogP contribution in [0.25, 0.3) is 11.0 Å². The number of H-pyrrole nitrogens is 1. The van der Waals surface area contributed by atoms with E-state index < -0.39 is 24.1 Å². The summed E-state index contributed by atoms with van der Waals surface area (Å²) in [4.78, 5) is 30.7. The van der Waals surface area contributed by atoms with E-state index in [-0.39, 0.29) is 0 Å². The summed E-state index contributed by atoms with van der Waals surface area (Å²) >= 11 is 0. The molecule has 0 aliphatic heterocycles. The Balaban J connectivity index is 1.86. The number of nitrogens with two attached hydrogens (primary N) is 1. The predicted molar refractivity (Wildman–Crippen MR) is 94.1 cm³/mol. The van der Waals surface area contributed by atoms with Crippen LogP contribution in [-0.4, -0.2) is 38.3 Å². The number of hydrazine groups is 1. The maximum atomic E-state index is 12.6. The maximum absolute atomic E-state index is 12.6. The molecule has 0 radical (unpaired) electrons. The quantitative estimate of drug-likeness (QED) is 0.264. The van der Waals surface area contributed by atoms with Crippen LogP contribution in [0.5, 0.6) is 0 Å². The number of benzene rings is 2. The Bertz CT molecular complexity index is 927. The number of carboxylic acid groups (broad SMARTS) is 1. The summed E-state index contributed by atoms with van der Waals surface area (Å²) in [6.07, 6.45) is -1.57. The second kappa shape index (κ2) is 7.21. The van der Waals surface area contributed by atoms with E-state index in [0.29, 0.717) is 22.3 Å². The number of aliphatic hydroxyl groups is 1. The number of carbonyl (C=O) groups excluding carboxylic acids is 1. The number of hydrogen-bond donors (Lipinski definition) is 5. The van der Waals surface area contributed by atoms with Gasteiger partial charge in [-0.3, -0.25) is 4.79 Å². The van der Waals surface area contributed by atoms with E-state index in [1.54, 1.807) is 48.5 Å². The molecule has 0 unspecified atom stereocenters. The van der Waals surface area contributed by atoms with Crippen molar-refractivity contribution in [3.63, 3.8) is 0 Å². The highest BCUT2D eigenvalue weighted by Gasteiger charge is 2.32. The van der Waals surface area contributed by atoms with Crippen LogP contribution in [0.3, 0.4) is 0 Å². The van der Waals surface area contributed by atoms with Crippen molar-refractivity contribution >= 4 is 28.7 Å². The molecule has 2 atom stereocenters. The van der Waals surface area contributed by atoms with E-state index in [9.17, 15) is 14.7 Å². The summed E-state index contributed by atoms with van der Waals surface area (Å²) < 4.78 is 0. The standard InChI is InChI=1S/C17H17N5O4/c18-22(11-6-7-12-13(8-11)20-9-19-12)16(24)15(23)14(21-17(25)26)10-4-2-1-3-5-10/h1-9,14-15,21,23H,18H2,(H,19,20)(H,25,26)/t14-,15+/m0/s1. The Morgan fingerprint density at radius 2 is 1.92 bits per heavy atom. The first-order valence-electron chi connectivity index (χ1n) is 7.71. The van der Waals surface area contributed by atoms with Crippen LogP contribution in [0.1, 0.15) is 11.6 Å². The molecule has 0 fully saturated rings. The highest BCUT2D eigenvalue weighted by atomic mass is 16.4. The van der Waals surface area contributed by atoms with E-state index in [0.717, 1.165) is 5.01 Å². The van der Waals surface area contributed by atoms with E-state index in [2.05, 4.69) is 15.3 Å². The van der Waals surface area contributed by atoms with Gasteiger partial charge in [-0.15, -0.1) is 0 Å². The molecule has 0 bridgehead atoms. The van der Waals surface area contributed by atoms with Crippen molar-refractivity contribution in [3.05, 3.63) is 60.4 Å². The predicted octanol–water partition coefficient (Wildman–Crippen LogP) is 1.14. The zero-order valence-electron chi connectivity index (χ0n) is 13.5. The third-order valence-electron chi connectivity index (χ3n) is 3.93. The largest absolute Gasteiger partial charge is 0.465 e. The highest BCUT2D eigenvalue weighted by molar-refractivity contribution is 5.97. The van der Waals surface area contributed by atoms with Gasteiger partial charge in [0.2, 0.25) is 0 Å². The average molecular weight is 355 g/mol. The minimum absolute atomic E-state index is 0.327. The SMILES string of the molecule is NN(C(=O)[C@H](O)[C@@H](NC(=O)O)c1ccccc1)c1ccc2nc[nH]c2c1. The van der Waals surface area contributed by atoms with Gasteiger partial charge in [0.05, 0.1) is 29.1 Å². The third kappa shape index (κ3) is 3.48. The lowest BCUT2D eigenvalue weighted by Crippen LogP contribution is -2.49. The maximum Gasteiger partial charge on any atom is 0.405 e. The number of aliphatic hydroxyl groups excluding tert-OH is 1. The molecule has 9 heteroatoms. The Hall–Kier alpha value is -3.43. The number of nitrogens with zero attached hydrogens (tertiary/aromatic N) is 2. The number of imidazole rings is 1. The van der Waals surface area contributed by atoms with Gasteiger partial charge in [0.1, 0.15) is 0 Å². The summed E-state index contributed by atoms with van der Waals surface area (Å²) in [6, 6.07) is 12.0. The van der Waals surface area contributed by atoms with Crippen LogP contribution in [0.2, 0.25) is 0 Å². The molecule has 0 saturated carbocycles. The summed E-state index contributed by atoms with van der Waals surface area (Å²) in [7, 11) is 0. The molecule has 6 N–H and O–H groups in total. The van der Waals surface area contributed by atoms with E-state index in [1.807, 2.05) is 0 Å². The van der Waals surface area contributed by atoms with Crippen LogP contribution >= 0.6 is 0 Å². The highest BCUT2D eigenvalue weighted by Crippen LogP contribution is 2.22. The molecule has 0 aliphatic carbocycles. The van der Waals surface area contributed by atoms with Crippen molar-refractivity contribution in [1.82, 2.24) is 15.3 Å². The molecule has 3 rings (SSSR count). The van der Waals surface area contributed by atoms with E-state index in [4.69, 9.17) is 10.9 Å². The Morgan fingerprint density at radius 3 is 2.62 bits per heavy atom. The van der Waals surface area contributed by atoms with Gasteiger partial charge in [0, 0.05) is 0 Å². The Labute approximate surface area is 148 Å². The first-order valence-corrected chi connectivity index (χ1v) is 7.71. The first kappa shape index (κ1) is 17.4. The minimum Gasteiger partial charge on any atom is -0.465 e. The summed E-state index contributed by atoms with van der Waals surface area (Å²) in [6.45, 7) is 0. The smallest absolute Gasteiger partial charge is 0.405 e. The zero-order valence-corrected chi connectivity index (χ0v) is 13.5. The van der Waals surface area contributed by atoms with Crippen molar-refractivity contribution in [2.75, 3.05) is 5.01 Å². The molecule has 2 aromatic carbocycles. The number of rotatable bonds is 5. The topological polar surface area (TPSA) is 145 Å². The minimum atomic E-state index is -1.71. The third-order valence-corrected chi connectivity index (χ3v) is 3.93. The monoisotopic (exact) mass is 355 g/mol. The molecule has 1 heterocycles. The number of aromatic amines is 1. The molecule has 0 saturated heterocycles. The number of aromatic nitrogens is 2. The second-order valence-corrected chi connectivity index (χ2v) is 5.59. The van der Waals surface area contributed by atoms with Crippen molar-refractivity contribution < 1.29 is 19.8 Å². The second-order valence-electron chi connectivity index (χ2n) is 5.59. The Morgan fingerprint density at radius 1 is 1.19 bits per heavy atom. The fraction of sp³-hybridized carbons (Fsp3) is 0.118. The Kier molecular flexibility index (Phi) is 4.83. The molecule has 1 aromatic heterocycles. The lowest BCUT2D eigenvalue weighted by Gasteiger charge is -2.26. The van der Waals surface area contributed by atoms with Crippen molar-refractivity contribution in [1.29, 1.82) is 0 Å². The molecular formula is C17H17N5O4. The van der Waals surface area contributed by atoms with Crippen LogP contribution in [0, 0.1) is 0 Å².